The van der Waals surface area contributed by atoms with Crippen molar-refractivity contribution in [3.8, 4) is 0 Å². The lowest BCUT2D eigenvalue weighted by Gasteiger charge is -2.58. The molecule has 10 atom stereocenters. The molecule has 0 aromatic rings. The van der Waals surface area contributed by atoms with Crippen LogP contribution in [0.4, 0.5) is 0 Å². The highest BCUT2D eigenvalue weighted by molar-refractivity contribution is 5.82. The van der Waals surface area contributed by atoms with Crippen molar-refractivity contribution in [1.29, 1.82) is 0 Å². The second kappa shape index (κ2) is 10.2. The summed E-state index contributed by atoms with van der Waals surface area (Å²) in [5.41, 5.74) is -0.771. The molecule has 210 valence electrons. The first-order chi connectivity index (χ1) is 18.0. The summed E-state index contributed by atoms with van der Waals surface area (Å²) in [5, 5.41) is 20.8. The molecule has 1 saturated carbocycles. The SMILES string of the molecule is CC1=C[C@@H]2O[C@@H]3C[C@H]4OC(=O)/C=C\C=C\[C@@H]([C@H](C)O)OCC[C@@H](C)[C@H](O)C(=O)OC[C@]2(CC1)[C@]4(C)[C@]31CO1. The number of aliphatic hydroxyl groups excluding tert-OH is 2. The van der Waals surface area contributed by atoms with E-state index in [-0.39, 0.29) is 25.4 Å². The highest BCUT2D eigenvalue weighted by Gasteiger charge is 2.83. The molecule has 3 fully saturated rings. The van der Waals surface area contributed by atoms with E-state index in [0.29, 0.717) is 25.9 Å². The first-order valence-corrected chi connectivity index (χ1v) is 13.7. The number of cyclic esters (lactones) is 1. The van der Waals surface area contributed by atoms with Crippen LogP contribution in [-0.4, -0.2) is 84.2 Å². The van der Waals surface area contributed by atoms with E-state index in [1.165, 1.54) is 11.6 Å². The number of hydrogen-bond donors (Lipinski definition) is 2. The third kappa shape index (κ3) is 4.36. The summed E-state index contributed by atoms with van der Waals surface area (Å²) in [6.07, 6.45) is 6.89. The zero-order valence-corrected chi connectivity index (χ0v) is 22.6. The van der Waals surface area contributed by atoms with Crippen molar-refractivity contribution in [1.82, 2.24) is 0 Å². The van der Waals surface area contributed by atoms with Crippen molar-refractivity contribution in [3.63, 3.8) is 0 Å². The van der Waals surface area contributed by atoms with E-state index in [1.807, 2.05) is 0 Å². The highest BCUT2D eigenvalue weighted by Crippen LogP contribution is 2.72. The third-order valence-electron chi connectivity index (χ3n) is 9.73. The number of epoxide rings is 1. The zero-order valence-electron chi connectivity index (χ0n) is 22.6. The number of carbonyl (C=O) groups is 2. The lowest BCUT2D eigenvalue weighted by Crippen LogP contribution is -2.66. The Morgan fingerprint density at radius 1 is 1.16 bits per heavy atom. The molecule has 0 aromatic carbocycles. The Hall–Kier alpha value is -2.04. The van der Waals surface area contributed by atoms with Gasteiger partial charge in [-0.15, -0.1) is 0 Å². The average Bonchev–Trinajstić information content (AvgIpc) is 3.65. The maximum absolute atomic E-state index is 13.1. The van der Waals surface area contributed by atoms with Crippen LogP contribution in [0, 0.1) is 16.7 Å². The summed E-state index contributed by atoms with van der Waals surface area (Å²) in [6.45, 7) is 8.27. The van der Waals surface area contributed by atoms with Crippen LogP contribution in [0.5, 0.6) is 0 Å². The largest absolute Gasteiger partial charge is 0.463 e. The van der Waals surface area contributed by atoms with Gasteiger partial charge in [0, 0.05) is 24.5 Å². The highest BCUT2D eigenvalue weighted by atomic mass is 16.6. The second-order valence-electron chi connectivity index (χ2n) is 11.9. The summed E-state index contributed by atoms with van der Waals surface area (Å²) in [5.74, 6) is -1.60. The fourth-order valence-corrected chi connectivity index (χ4v) is 7.04. The fourth-order valence-electron chi connectivity index (χ4n) is 7.04. The molecule has 9 nitrogen and oxygen atoms in total. The number of aliphatic hydroxyl groups is 2. The molecule has 38 heavy (non-hydrogen) atoms. The molecule has 3 aliphatic heterocycles. The summed E-state index contributed by atoms with van der Waals surface area (Å²) in [4.78, 5) is 26.0. The molecular formula is C29H40O9. The van der Waals surface area contributed by atoms with Crippen molar-refractivity contribution in [2.45, 2.75) is 95.6 Å². The number of hydrogen-bond acceptors (Lipinski definition) is 9. The molecule has 0 unspecified atom stereocenters. The number of rotatable bonds is 1. The van der Waals surface area contributed by atoms with Gasteiger partial charge in [-0.05, 0) is 39.0 Å². The molecule has 2 saturated heterocycles. The first kappa shape index (κ1) is 27.5. The smallest absolute Gasteiger partial charge is 0.335 e. The number of ether oxygens (including phenoxy) is 5. The lowest BCUT2D eigenvalue weighted by atomic mass is 9.51. The minimum absolute atomic E-state index is 0.0195. The lowest BCUT2D eigenvalue weighted by molar-refractivity contribution is -0.234. The Bertz CT molecular complexity index is 1030. The van der Waals surface area contributed by atoms with Gasteiger partial charge in [-0.25, -0.2) is 9.59 Å². The Balaban J connectivity index is 1.51. The van der Waals surface area contributed by atoms with Gasteiger partial charge in [0.15, 0.2) is 6.10 Å². The van der Waals surface area contributed by atoms with Gasteiger partial charge in [0.1, 0.15) is 24.4 Å². The van der Waals surface area contributed by atoms with E-state index in [1.54, 1.807) is 32.1 Å². The Morgan fingerprint density at radius 3 is 2.63 bits per heavy atom. The molecule has 5 rings (SSSR count). The Labute approximate surface area is 223 Å². The van der Waals surface area contributed by atoms with Crippen molar-refractivity contribution in [2.75, 3.05) is 19.8 Å². The molecule has 2 bridgehead atoms. The Morgan fingerprint density at radius 2 is 1.92 bits per heavy atom. The maximum Gasteiger partial charge on any atom is 0.335 e. The molecule has 0 amide bonds. The standard InChI is InChI=1S/C29H40O9/c1-17-9-11-28-15-35-26(33)25(32)18(2)10-12-34-20(19(3)30)7-5-6-8-24(31)38-21-14-23(37-22(28)13-17)29(16-36-29)27(21,28)4/h5-8,13,18-23,25,30,32H,9-12,14-16H2,1-4H3/b7-5+,8-6-/t18-,19+,20+,21-,22+,23-,25+,27-,28+,29+/m1/s1. The molecule has 2 aliphatic carbocycles. The summed E-state index contributed by atoms with van der Waals surface area (Å²) >= 11 is 0. The van der Waals surface area contributed by atoms with Crippen LogP contribution < -0.4 is 0 Å². The third-order valence-corrected chi connectivity index (χ3v) is 9.73. The van der Waals surface area contributed by atoms with Gasteiger partial charge in [0.25, 0.3) is 0 Å². The molecule has 2 N–H and O–H groups in total. The van der Waals surface area contributed by atoms with E-state index in [9.17, 15) is 19.8 Å². The van der Waals surface area contributed by atoms with E-state index < -0.39 is 58.7 Å². The number of allylic oxidation sites excluding steroid dienone is 3. The molecule has 0 aromatic heterocycles. The predicted molar refractivity (Wildman–Crippen MR) is 136 cm³/mol. The summed E-state index contributed by atoms with van der Waals surface area (Å²) in [6, 6.07) is 0. The van der Waals surface area contributed by atoms with Crippen molar-refractivity contribution in [3.05, 3.63) is 36.0 Å². The van der Waals surface area contributed by atoms with Gasteiger partial charge >= 0.3 is 11.9 Å². The number of carbonyl (C=O) groups excluding carboxylic acids is 2. The quantitative estimate of drug-likeness (QED) is 0.298. The van der Waals surface area contributed by atoms with E-state index in [0.717, 1.165) is 6.42 Å². The first-order valence-electron chi connectivity index (χ1n) is 13.7. The molecule has 5 aliphatic rings. The van der Waals surface area contributed by atoms with E-state index >= 15 is 0 Å². The van der Waals surface area contributed by atoms with Gasteiger partial charge in [-0.1, -0.05) is 43.7 Å². The van der Waals surface area contributed by atoms with E-state index in [4.69, 9.17) is 23.7 Å². The van der Waals surface area contributed by atoms with Crippen LogP contribution in [0.2, 0.25) is 0 Å². The maximum atomic E-state index is 13.1. The second-order valence-corrected chi connectivity index (χ2v) is 11.9. The van der Waals surface area contributed by atoms with Gasteiger partial charge in [-0.2, -0.15) is 0 Å². The number of esters is 2. The average molecular weight is 533 g/mol. The van der Waals surface area contributed by atoms with Gasteiger partial charge in [0.2, 0.25) is 0 Å². The van der Waals surface area contributed by atoms with Crippen molar-refractivity contribution in [2.24, 2.45) is 16.7 Å². The van der Waals surface area contributed by atoms with Crippen LogP contribution in [0.25, 0.3) is 0 Å². The zero-order chi connectivity index (χ0) is 27.3. The summed E-state index contributed by atoms with van der Waals surface area (Å²) < 4.78 is 30.4. The van der Waals surface area contributed by atoms with Gasteiger partial charge in [0.05, 0.1) is 30.3 Å². The van der Waals surface area contributed by atoms with Crippen molar-refractivity contribution < 1.29 is 43.5 Å². The molecule has 2 spiro atoms. The Kier molecular flexibility index (Phi) is 7.37. The normalized spacial score (nSPS) is 48.0. The fraction of sp³-hybridized carbons (Fsp3) is 0.724. The van der Waals surface area contributed by atoms with Crippen LogP contribution >= 0.6 is 0 Å². The summed E-state index contributed by atoms with van der Waals surface area (Å²) in [7, 11) is 0. The molecule has 0 radical (unpaired) electrons. The molecule has 3 heterocycles. The predicted octanol–water partition coefficient (Wildman–Crippen LogP) is 2.39. The van der Waals surface area contributed by atoms with Crippen molar-refractivity contribution >= 4 is 11.9 Å². The van der Waals surface area contributed by atoms with Crippen LogP contribution in [0.1, 0.15) is 53.4 Å². The minimum Gasteiger partial charge on any atom is -0.463 e. The van der Waals surface area contributed by atoms with Crippen LogP contribution in [-0.2, 0) is 33.3 Å². The van der Waals surface area contributed by atoms with Gasteiger partial charge in [-0.3, -0.25) is 0 Å². The monoisotopic (exact) mass is 532 g/mol. The van der Waals surface area contributed by atoms with Gasteiger partial charge < -0.3 is 33.9 Å². The molecule has 9 heteroatoms. The van der Waals surface area contributed by atoms with E-state index in [2.05, 4.69) is 19.9 Å². The van der Waals surface area contributed by atoms with Crippen LogP contribution in [0.15, 0.2) is 36.0 Å². The van der Waals surface area contributed by atoms with Crippen LogP contribution in [0.3, 0.4) is 0 Å². The topological polar surface area (TPSA) is 124 Å². The molecular weight excluding hydrogens is 492 g/mol. The minimum atomic E-state index is -1.33.